The number of rotatable bonds is 8. The number of aliphatic hydroxyl groups is 1. The van der Waals surface area contributed by atoms with Crippen LogP contribution in [-0.4, -0.2) is 65.2 Å². The van der Waals surface area contributed by atoms with E-state index in [4.69, 9.17) is 26.3 Å². The van der Waals surface area contributed by atoms with Crippen LogP contribution in [0.25, 0.3) is 44.9 Å². The quantitative estimate of drug-likeness (QED) is 0.283. The molecule has 1 fully saturated rings. The van der Waals surface area contributed by atoms with Crippen LogP contribution in [0.3, 0.4) is 0 Å². The number of nitriles is 1. The van der Waals surface area contributed by atoms with Crippen LogP contribution in [0.15, 0.2) is 54.6 Å². The number of aromatic amines is 1. The summed E-state index contributed by atoms with van der Waals surface area (Å²) in [6.07, 6.45) is -0.415. The van der Waals surface area contributed by atoms with E-state index in [0.29, 0.717) is 53.7 Å². The van der Waals surface area contributed by atoms with E-state index < -0.39 is 12.2 Å². The molecule has 40 heavy (non-hydrogen) atoms. The first kappa shape index (κ1) is 25.9. The molecule has 0 bridgehead atoms. The minimum Gasteiger partial charge on any atom is -0.456 e. The number of hydrogen-bond donors (Lipinski definition) is 2. The number of H-pyrrole nitrogens is 1. The summed E-state index contributed by atoms with van der Waals surface area (Å²) >= 11 is 6.60. The van der Waals surface area contributed by atoms with E-state index in [1.165, 1.54) is 0 Å². The van der Waals surface area contributed by atoms with Crippen LogP contribution in [-0.2, 0) is 11.3 Å². The van der Waals surface area contributed by atoms with Gasteiger partial charge in [0.2, 0.25) is 0 Å². The van der Waals surface area contributed by atoms with Crippen LogP contribution in [0.4, 0.5) is 0 Å². The largest absolute Gasteiger partial charge is 0.456 e. The lowest BCUT2D eigenvalue weighted by molar-refractivity contribution is 0.0258. The first-order chi connectivity index (χ1) is 19.5. The molecule has 0 saturated carbocycles. The lowest BCUT2D eigenvalue weighted by Crippen LogP contribution is -2.34. The second-order valence-corrected chi connectivity index (χ2v) is 9.85. The zero-order valence-corrected chi connectivity index (χ0v) is 22.3. The van der Waals surface area contributed by atoms with Gasteiger partial charge in [0.15, 0.2) is 17.6 Å². The topological polar surface area (TPSA) is 148 Å². The molecule has 0 spiro atoms. The SMILES string of the molecule is CC[C@H]1OCC(Oc2nc3nc(-c4ccc(-c5ccc(-c6nnnn6CCC#N)cc5)cc4)c(Cl)cc3[nH]2)[C@@H]1O. The number of aryl methyl sites for hydroxylation is 1. The molecule has 1 unspecified atom stereocenters. The Kier molecular flexibility index (Phi) is 7.13. The fraction of sp³-hybridized carbons (Fsp3) is 0.286. The molecule has 6 rings (SSSR count). The molecule has 2 N–H and O–H groups in total. The monoisotopic (exact) mass is 556 g/mol. The zero-order chi connectivity index (χ0) is 27.6. The summed E-state index contributed by atoms with van der Waals surface area (Å²) in [4.78, 5) is 12.2. The summed E-state index contributed by atoms with van der Waals surface area (Å²) in [7, 11) is 0. The van der Waals surface area contributed by atoms with Gasteiger partial charge in [-0.2, -0.15) is 10.2 Å². The number of aliphatic hydroxyl groups excluding tert-OH is 1. The van der Waals surface area contributed by atoms with Crippen molar-refractivity contribution in [2.45, 2.75) is 44.6 Å². The van der Waals surface area contributed by atoms with Crippen LogP contribution >= 0.6 is 11.6 Å². The number of fused-ring (bicyclic) bond motifs is 1. The Morgan fingerprint density at radius 1 is 1.10 bits per heavy atom. The number of ether oxygens (including phenoxy) is 2. The molecule has 1 saturated heterocycles. The molecule has 0 aliphatic carbocycles. The number of nitrogens with zero attached hydrogens (tertiary/aromatic N) is 7. The van der Waals surface area contributed by atoms with Gasteiger partial charge in [-0.15, -0.1) is 5.10 Å². The van der Waals surface area contributed by atoms with Crippen molar-refractivity contribution >= 4 is 22.8 Å². The second kappa shape index (κ2) is 11.0. The summed E-state index contributed by atoms with van der Waals surface area (Å²) in [5.74, 6) is 0.623. The maximum Gasteiger partial charge on any atom is 0.296 e. The van der Waals surface area contributed by atoms with Crippen molar-refractivity contribution in [3.05, 3.63) is 59.6 Å². The number of tetrazole rings is 1. The molecule has 3 atom stereocenters. The van der Waals surface area contributed by atoms with Crippen LogP contribution < -0.4 is 4.74 Å². The number of hydrogen-bond acceptors (Lipinski definition) is 9. The van der Waals surface area contributed by atoms with Gasteiger partial charge in [-0.3, -0.25) is 0 Å². The molecule has 11 nitrogen and oxygen atoms in total. The minimum atomic E-state index is -0.716. The molecular formula is C28H25ClN8O3. The molecule has 12 heteroatoms. The highest BCUT2D eigenvalue weighted by molar-refractivity contribution is 6.33. The van der Waals surface area contributed by atoms with E-state index in [1.807, 2.05) is 55.5 Å². The molecular weight excluding hydrogens is 532 g/mol. The van der Waals surface area contributed by atoms with E-state index in [0.717, 1.165) is 22.3 Å². The van der Waals surface area contributed by atoms with E-state index >= 15 is 0 Å². The summed E-state index contributed by atoms with van der Waals surface area (Å²) in [5.41, 5.74) is 5.47. The Hall–Kier alpha value is -4.37. The van der Waals surface area contributed by atoms with Gasteiger partial charge in [-0.25, -0.2) is 9.67 Å². The normalized spacial score (nSPS) is 18.7. The van der Waals surface area contributed by atoms with Crippen molar-refractivity contribution in [2.24, 2.45) is 0 Å². The van der Waals surface area contributed by atoms with E-state index in [-0.39, 0.29) is 12.1 Å². The molecule has 4 heterocycles. The second-order valence-electron chi connectivity index (χ2n) is 9.45. The van der Waals surface area contributed by atoms with Gasteiger partial charge < -0.3 is 19.6 Å². The fourth-order valence-corrected chi connectivity index (χ4v) is 5.03. The maximum atomic E-state index is 10.4. The highest BCUT2D eigenvalue weighted by Crippen LogP contribution is 2.32. The van der Waals surface area contributed by atoms with Crippen molar-refractivity contribution in [1.82, 2.24) is 35.2 Å². The molecule has 0 radical (unpaired) electrons. The Bertz CT molecular complexity index is 1680. The fourth-order valence-electron chi connectivity index (χ4n) is 4.77. The number of halogens is 1. The summed E-state index contributed by atoms with van der Waals surface area (Å²) in [6.45, 7) is 2.70. The van der Waals surface area contributed by atoms with E-state index in [1.54, 1.807) is 10.7 Å². The van der Waals surface area contributed by atoms with Crippen molar-refractivity contribution in [3.63, 3.8) is 0 Å². The third kappa shape index (κ3) is 5.00. The average molecular weight is 557 g/mol. The van der Waals surface area contributed by atoms with E-state index in [9.17, 15) is 5.11 Å². The summed E-state index contributed by atoms with van der Waals surface area (Å²) < 4.78 is 13.1. The average Bonchev–Trinajstić information content (AvgIpc) is 3.70. The smallest absolute Gasteiger partial charge is 0.296 e. The first-order valence-electron chi connectivity index (χ1n) is 12.9. The standard InChI is InChI=1S/C28H25ClN8O3/c1-2-22-25(38)23(15-39-22)40-28-31-21-14-20(29)24(32-26(21)33-28)18-8-4-16(5-9-18)17-6-10-19(11-7-17)27-34-35-36-37(27)13-3-12-30/h4-11,14,22-23,25,38H,2-3,13,15H2,1H3,(H,31,32,33)/t22-,23?,25-/m1/s1. The highest BCUT2D eigenvalue weighted by atomic mass is 35.5. The van der Waals surface area contributed by atoms with Gasteiger partial charge in [0, 0.05) is 11.1 Å². The Morgan fingerprint density at radius 2 is 1.80 bits per heavy atom. The Morgan fingerprint density at radius 3 is 2.48 bits per heavy atom. The van der Waals surface area contributed by atoms with Gasteiger partial charge in [0.25, 0.3) is 6.01 Å². The molecule has 3 aromatic heterocycles. The van der Waals surface area contributed by atoms with Crippen LogP contribution in [0, 0.1) is 11.3 Å². The highest BCUT2D eigenvalue weighted by Gasteiger charge is 2.37. The minimum absolute atomic E-state index is 0.242. The third-order valence-corrected chi connectivity index (χ3v) is 7.20. The van der Waals surface area contributed by atoms with Gasteiger partial charge in [-0.1, -0.05) is 67.1 Å². The first-order valence-corrected chi connectivity index (χ1v) is 13.3. The molecule has 1 aliphatic heterocycles. The predicted molar refractivity (Wildman–Crippen MR) is 147 cm³/mol. The predicted octanol–water partition coefficient (Wildman–Crippen LogP) is 4.43. The zero-order valence-electron chi connectivity index (χ0n) is 21.5. The Balaban J connectivity index is 1.19. The van der Waals surface area contributed by atoms with Crippen molar-refractivity contribution < 1.29 is 14.6 Å². The van der Waals surface area contributed by atoms with Gasteiger partial charge >= 0.3 is 0 Å². The summed E-state index contributed by atoms with van der Waals surface area (Å²) in [5, 5.41) is 31.5. The van der Waals surface area contributed by atoms with Crippen LogP contribution in [0.2, 0.25) is 5.02 Å². The number of aromatic nitrogens is 7. The summed E-state index contributed by atoms with van der Waals surface area (Å²) in [6, 6.07) is 20.0. The molecule has 2 aromatic carbocycles. The molecule has 1 aliphatic rings. The number of nitrogens with one attached hydrogen (secondary N) is 1. The molecule has 0 amide bonds. The maximum absolute atomic E-state index is 10.4. The van der Waals surface area contributed by atoms with Gasteiger partial charge in [0.1, 0.15) is 6.10 Å². The Labute approximate surface area is 234 Å². The lowest BCUT2D eigenvalue weighted by atomic mass is 10.0. The van der Waals surface area contributed by atoms with Crippen molar-refractivity contribution in [1.29, 1.82) is 5.26 Å². The lowest BCUT2D eigenvalue weighted by Gasteiger charge is -2.15. The molecule has 5 aromatic rings. The van der Waals surface area contributed by atoms with Crippen LogP contribution in [0.5, 0.6) is 6.01 Å². The van der Waals surface area contributed by atoms with Gasteiger partial charge in [-0.05, 0) is 34.0 Å². The number of benzene rings is 2. The number of pyridine rings is 1. The molecule has 202 valence electrons. The number of imidazole rings is 1. The third-order valence-electron chi connectivity index (χ3n) is 6.91. The van der Waals surface area contributed by atoms with Crippen molar-refractivity contribution in [3.8, 4) is 45.9 Å². The van der Waals surface area contributed by atoms with Crippen LogP contribution in [0.1, 0.15) is 19.8 Å². The van der Waals surface area contributed by atoms with Gasteiger partial charge in [0.05, 0.1) is 48.0 Å². The van der Waals surface area contributed by atoms with Crippen molar-refractivity contribution in [2.75, 3.05) is 6.61 Å². The van der Waals surface area contributed by atoms with E-state index in [2.05, 4.69) is 36.5 Å².